The van der Waals surface area contributed by atoms with Gasteiger partial charge in [-0.05, 0) is 53.9 Å². The van der Waals surface area contributed by atoms with Crippen molar-refractivity contribution in [3.8, 4) is 11.1 Å². The zero-order valence-electron chi connectivity index (χ0n) is 16.8. The number of hydrogen-bond donors (Lipinski definition) is 3. The second kappa shape index (κ2) is 7.99. The number of halogens is 1. The number of hydrogen-bond acceptors (Lipinski definition) is 3. The summed E-state index contributed by atoms with van der Waals surface area (Å²) in [5.41, 5.74) is 5.36. The third-order valence-corrected chi connectivity index (χ3v) is 5.15. The molecule has 30 heavy (non-hydrogen) atoms. The largest absolute Gasteiger partial charge is 0.373 e. The molecule has 2 amide bonds. The molecule has 4 rings (SSSR count). The van der Waals surface area contributed by atoms with Gasteiger partial charge in [0.2, 0.25) is 11.8 Å². The molecule has 3 aromatic rings. The van der Waals surface area contributed by atoms with Gasteiger partial charge in [-0.1, -0.05) is 30.3 Å². The lowest BCUT2D eigenvalue weighted by molar-refractivity contribution is -0.117. The van der Waals surface area contributed by atoms with Crippen molar-refractivity contribution in [1.29, 1.82) is 0 Å². The second-order valence-corrected chi connectivity index (χ2v) is 7.45. The Labute approximate surface area is 174 Å². The van der Waals surface area contributed by atoms with E-state index in [-0.39, 0.29) is 17.6 Å². The quantitative estimate of drug-likeness (QED) is 0.590. The fourth-order valence-corrected chi connectivity index (χ4v) is 3.71. The van der Waals surface area contributed by atoms with Gasteiger partial charge in [0.15, 0.2) is 0 Å². The summed E-state index contributed by atoms with van der Waals surface area (Å²) < 4.78 is 14.1. The lowest BCUT2D eigenvalue weighted by Crippen LogP contribution is -2.32. The van der Waals surface area contributed by atoms with Crippen LogP contribution in [-0.4, -0.2) is 17.9 Å². The number of aryl methyl sites for hydroxylation is 1. The van der Waals surface area contributed by atoms with Crippen LogP contribution in [-0.2, 0) is 16.0 Å². The topological polar surface area (TPSA) is 70.2 Å². The number of nitrogens with one attached hydrogen (secondary N) is 3. The molecule has 5 nitrogen and oxygen atoms in total. The van der Waals surface area contributed by atoms with Crippen LogP contribution in [0.2, 0.25) is 0 Å². The SMILES string of the molecule is CC(=O)Nc1cccc(-c2cccc(NC(=O)C3Cc4c(F)ccc(C)c4N3)c2)c1. The van der Waals surface area contributed by atoms with Crippen LogP contribution < -0.4 is 16.0 Å². The van der Waals surface area contributed by atoms with Gasteiger partial charge in [0.25, 0.3) is 0 Å². The molecule has 1 aliphatic rings. The maximum absolute atomic E-state index is 14.1. The third kappa shape index (κ3) is 4.03. The highest BCUT2D eigenvalue weighted by molar-refractivity contribution is 5.98. The highest BCUT2D eigenvalue weighted by atomic mass is 19.1. The Hall–Kier alpha value is -3.67. The van der Waals surface area contributed by atoms with Crippen molar-refractivity contribution in [2.45, 2.75) is 26.3 Å². The van der Waals surface area contributed by atoms with E-state index >= 15 is 0 Å². The van der Waals surface area contributed by atoms with Gasteiger partial charge in [-0.2, -0.15) is 0 Å². The Bertz CT molecular complexity index is 1110. The molecular weight excluding hydrogens is 381 g/mol. The molecule has 3 aromatic carbocycles. The van der Waals surface area contributed by atoms with Gasteiger partial charge in [0, 0.05) is 36.0 Å². The van der Waals surface area contributed by atoms with Crippen LogP contribution in [0.1, 0.15) is 18.1 Å². The van der Waals surface area contributed by atoms with Crippen LogP contribution in [0.3, 0.4) is 0 Å². The van der Waals surface area contributed by atoms with Crippen LogP contribution in [0.4, 0.5) is 21.5 Å². The predicted octanol–water partition coefficient (Wildman–Crippen LogP) is 4.73. The van der Waals surface area contributed by atoms with Crippen molar-refractivity contribution >= 4 is 28.9 Å². The number of carbonyl (C=O) groups excluding carboxylic acids is 2. The van der Waals surface area contributed by atoms with Crippen LogP contribution in [0.5, 0.6) is 0 Å². The van der Waals surface area contributed by atoms with Crippen LogP contribution in [0.25, 0.3) is 11.1 Å². The lowest BCUT2D eigenvalue weighted by atomic mass is 10.0. The lowest BCUT2D eigenvalue weighted by Gasteiger charge is -2.13. The minimum absolute atomic E-state index is 0.134. The summed E-state index contributed by atoms with van der Waals surface area (Å²) in [6.07, 6.45) is 0.313. The number of benzene rings is 3. The summed E-state index contributed by atoms with van der Waals surface area (Å²) in [4.78, 5) is 24.1. The summed E-state index contributed by atoms with van der Waals surface area (Å²) >= 11 is 0. The molecular formula is C24H22FN3O2. The molecule has 1 heterocycles. The molecule has 0 bridgehead atoms. The van der Waals surface area contributed by atoms with E-state index in [0.29, 0.717) is 29.0 Å². The van der Waals surface area contributed by atoms with Crippen LogP contribution in [0.15, 0.2) is 60.7 Å². The summed E-state index contributed by atoms with van der Waals surface area (Å²) in [7, 11) is 0. The Morgan fingerprint density at radius 3 is 2.20 bits per heavy atom. The number of amides is 2. The van der Waals surface area contributed by atoms with E-state index in [2.05, 4.69) is 16.0 Å². The molecule has 0 fully saturated rings. The first-order valence-electron chi connectivity index (χ1n) is 9.74. The fourth-order valence-electron chi connectivity index (χ4n) is 3.71. The number of anilines is 3. The Morgan fingerprint density at radius 2 is 1.60 bits per heavy atom. The first-order chi connectivity index (χ1) is 14.4. The number of rotatable bonds is 4. The van der Waals surface area contributed by atoms with E-state index in [1.807, 2.05) is 55.5 Å². The van der Waals surface area contributed by atoms with Gasteiger partial charge in [0.1, 0.15) is 11.9 Å². The highest BCUT2D eigenvalue weighted by Gasteiger charge is 2.30. The molecule has 152 valence electrons. The summed E-state index contributed by atoms with van der Waals surface area (Å²) in [5, 5.41) is 8.83. The van der Waals surface area contributed by atoms with Gasteiger partial charge in [-0.25, -0.2) is 4.39 Å². The highest BCUT2D eigenvalue weighted by Crippen LogP contribution is 2.32. The minimum atomic E-state index is -0.526. The first kappa shape index (κ1) is 19.6. The van der Waals surface area contributed by atoms with Crippen molar-refractivity contribution in [1.82, 2.24) is 0 Å². The average molecular weight is 403 g/mol. The van der Waals surface area contributed by atoms with Crippen LogP contribution in [0, 0.1) is 12.7 Å². The number of fused-ring (bicyclic) bond motifs is 1. The van der Waals surface area contributed by atoms with Crippen molar-refractivity contribution < 1.29 is 14.0 Å². The Balaban J connectivity index is 1.50. The van der Waals surface area contributed by atoms with Crippen molar-refractivity contribution in [3.63, 3.8) is 0 Å². The normalized spacial score (nSPS) is 14.6. The van der Waals surface area contributed by atoms with Gasteiger partial charge in [-0.3, -0.25) is 9.59 Å². The Kier molecular flexibility index (Phi) is 5.23. The van der Waals surface area contributed by atoms with Crippen molar-refractivity contribution in [3.05, 3.63) is 77.6 Å². The Morgan fingerprint density at radius 1 is 0.967 bits per heavy atom. The summed E-state index contributed by atoms with van der Waals surface area (Å²) in [6, 6.07) is 17.6. The zero-order chi connectivity index (χ0) is 21.3. The van der Waals surface area contributed by atoms with Gasteiger partial charge >= 0.3 is 0 Å². The molecule has 0 saturated carbocycles. The molecule has 6 heteroatoms. The maximum atomic E-state index is 14.1. The average Bonchev–Trinajstić information content (AvgIpc) is 3.18. The standard InChI is InChI=1S/C24H22FN3O2/c1-14-9-10-21(25)20-13-22(28-23(14)20)24(30)27-19-8-4-6-17(12-19)16-5-3-7-18(11-16)26-15(2)29/h3-12,22,28H,13H2,1-2H3,(H,26,29)(H,27,30). The third-order valence-electron chi connectivity index (χ3n) is 5.15. The molecule has 0 aromatic heterocycles. The second-order valence-electron chi connectivity index (χ2n) is 7.45. The number of carbonyl (C=O) groups is 2. The monoisotopic (exact) mass is 403 g/mol. The van der Waals surface area contributed by atoms with E-state index in [1.165, 1.54) is 13.0 Å². The molecule has 0 saturated heterocycles. The summed E-state index contributed by atoms with van der Waals surface area (Å²) in [5.74, 6) is -0.640. The van der Waals surface area contributed by atoms with Crippen molar-refractivity contribution in [2.75, 3.05) is 16.0 Å². The molecule has 1 aliphatic heterocycles. The predicted molar refractivity (Wildman–Crippen MR) is 117 cm³/mol. The smallest absolute Gasteiger partial charge is 0.247 e. The van der Waals surface area contributed by atoms with Gasteiger partial charge in [-0.15, -0.1) is 0 Å². The zero-order valence-corrected chi connectivity index (χ0v) is 16.8. The van der Waals surface area contributed by atoms with Gasteiger partial charge in [0.05, 0.1) is 0 Å². The molecule has 1 unspecified atom stereocenters. The molecule has 1 atom stereocenters. The van der Waals surface area contributed by atoms with Gasteiger partial charge < -0.3 is 16.0 Å². The van der Waals surface area contributed by atoms with Crippen molar-refractivity contribution in [2.24, 2.45) is 0 Å². The molecule has 0 aliphatic carbocycles. The van der Waals surface area contributed by atoms with E-state index < -0.39 is 6.04 Å². The van der Waals surface area contributed by atoms with E-state index in [1.54, 1.807) is 6.07 Å². The van der Waals surface area contributed by atoms with E-state index in [4.69, 9.17) is 0 Å². The molecule has 0 radical (unpaired) electrons. The molecule has 3 N–H and O–H groups in total. The molecule has 0 spiro atoms. The summed E-state index contributed by atoms with van der Waals surface area (Å²) in [6.45, 7) is 3.36. The van der Waals surface area contributed by atoms with E-state index in [0.717, 1.165) is 16.7 Å². The van der Waals surface area contributed by atoms with Crippen LogP contribution >= 0.6 is 0 Å². The minimum Gasteiger partial charge on any atom is -0.373 e. The van der Waals surface area contributed by atoms with E-state index in [9.17, 15) is 14.0 Å². The maximum Gasteiger partial charge on any atom is 0.247 e. The first-order valence-corrected chi connectivity index (χ1v) is 9.74. The fraction of sp³-hybridized carbons (Fsp3) is 0.167.